The summed E-state index contributed by atoms with van der Waals surface area (Å²) in [6, 6.07) is -0.902. The van der Waals surface area contributed by atoms with E-state index < -0.39 is 12.0 Å². The highest BCUT2D eigenvalue weighted by Crippen LogP contribution is 2.26. The smallest absolute Gasteiger partial charge is 0.305 e. The first-order valence-electron chi connectivity index (χ1n) is 8.37. The van der Waals surface area contributed by atoms with Crippen LogP contribution in [0, 0.1) is 17.8 Å². The zero-order valence-corrected chi connectivity index (χ0v) is 15.0. The maximum absolute atomic E-state index is 12.5. The molecule has 3 N–H and O–H groups in total. The lowest BCUT2D eigenvalue weighted by atomic mass is 9.83. The van der Waals surface area contributed by atoms with Gasteiger partial charge in [0.05, 0.1) is 12.5 Å². The summed E-state index contributed by atoms with van der Waals surface area (Å²) in [7, 11) is 1.68. The van der Waals surface area contributed by atoms with Gasteiger partial charge in [-0.1, -0.05) is 53.9 Å². The largest absolute Gasteiger partial charge is 0.481 e. The Kier molecular flexibility index (Phi) is 9.33. The molecule has 5 heteroatoms. The molecule has 0 spiro atoms. The third-order valence-electron chi connectivity index (χ3n) is 4.75. The van der Waals surface area contributed by atoms with Gasteiger partial charge in [-0.15, -0.1) is 0 Å². The zero-order valence-electron chi connectivity index (χ0n) is 15.0. The summed E-state index contributed by atoms with van der Waals surface area (Å²) in [6.07, 6.45) is 3.25. The van der Waals surface area contributed by atoms with Crippen molar-refractivity contribution in [3.05, 3.63) is 0 Å². The number of nitrogens with two attached hydrogens (primary N) is 1. The standard InChI is InChI=1S/C17H34N2O3/c1-7-8-9-12(4)13(5)14(10-15(20)21)19(6)17(22)16(18)11(2)3/h11-14,16H,7-10,18H2,1-6H3,(H,20,21). The van der Waals surface area contributed by atoms with E-state index in [2.05, 4.69) is 13.8 Å². The molecule has 0 saturated heterocycles. The predicted molar refractivity (Wildman–Crippen MR) is 89.5 cm³/mol. The van der Waals surface area contributed by atoms with Gasteiger partial charge >= 0.3 is 5.97 Å². The lowest BCUT2D eigenvalue weighted by Crippen LogP contribution is -2.51. The van der Waals surface area contributed by atoms with E-state index in [0.717, 1.165) is 19.3 Å². The van der Waals surface area contributed by atoms with E-state index in [4.69, 9.17) is 5.73 Å². The van der Waals surface area contributed by atoms with Crippen molar-refractivity contribution < 1.29 is 14.7 Å². The van der Waals surface area contributed by atoms with Gasteiger partial charge in [0, 0.05) is 13.1 Å². The predicted octanol–water partition coefficient (Wildman–Crippen LogP) is 2.73. The molecule has 0 bridgehead atoms. The average Bonchev–Trinajstić information content (AvgIpc) is 2.46. The van der Waals surface area contributed by atoms with Gasteiger partial charge in [-0.25, -0.2) is 0 Å². The Morgan fingerprint density at radius 2 is 1.73 bits per heavy atom. The molecule has 4 atom stereocenters. The molecule has 22 heavy (non-hydrogen) atoms. The first kappa shape index (κ1) is 20.9. The Bertz CT molecular complexity index is 358. The fraction of sp³-hybridized carbons (Fsp3) is 0.882. The van der Waals surface area contributed by atoms with Crippen LogP contribution in [0.15, 0.2) is 0 Å². The number of hydrogen-bond acceptors (Lipinski definition) is 3. The monoisotopic (exact) mass is 314 g/mol. The number of carboxylic acid groups (broad SMARTS) is 1. The van der Waals surface area contributed by atoms with Gasteiger partial charge in [0.15, 0.2) is 0 Å². The van der Waals surface area contributed by atoms with Crippen molar-refractivity contribution in [2.45, 2.75) is 72.4 Å². The summed E-state index contributed by atoms with van der Waals surface area (Å²) in [6.45, 7) is 10.1. The van der Waals surface area contributed by atoms with E-state index in [1.54, 1.807) is 11.9 Å². The quantitative estimate of drug-likeness (QED) is 0.649. The molecule has 0 heterocycles. The van der Waals surface area contributed by atoms with Crippen LogP contribution >= 0.6 is 0 Å². The number of hydrogen-bond donors (Lipinski definition) is 2. The van der Waals surface area contributed by atoms with E-state index in [-0.39, 0.29) is 30.2 Å². The van der Waals surface area contributed by atoms with E-state index in [1.807, 2.05) is 20.8 Å². The van der Waals surface area contributed by atoms with Gasteiger partial charge in [-0.05, 0) is 17.8 Å². The van der Waals surface area contributed by atoms with Gasteiger partial charge < -0.3 is 15.7 Å². The summed E-state index contributed by atoms with van der Waals surface area (Å²) < 4.78 is 0. The maximum atomic E-state index is 12.5. The number of aliphatic carboxylic acids is 1. The molecule has 0 radical (unpaired) electrons. The molecular weight excluding hydrogens is 280 g/mol. The number of likely N-dealkylation sites (N-methyl/N-ethyl adjacent to an activating group) is 1. The van der Waals surface area contributed by atoms with Crippen LogP contribution < -0.4 is 5.73 Å². The highest BCUT2D eigenvalue weighted by atomic mass is 16.4. The molecule has 0 aliphatic carbocycles. The van der Waals surface area contributed by atoms with E-state index in [1.165, 1.54) is 0 Å². The number of unbranched alkanes of at least 4 members (excludes halogenated alkanes) is 1. The minimum absolute atomic E-state index is 0.0354. The van der Waals surface area contributed by atoms with Gasteiger partial charge in [0.25, 0.3) is 0 Å². The molecule has 0 aromatic rings. The molecule has 130 valence electrons. The van der Waals surface area contributed by atoms with Gasteiger partial charge in [-0.2, -0.15) is 0 Å². The molecule has 1 amide bonds. The SMILES string of the molecule is CCCCC(C)C(C)C(CC(=O)O)N(C)C(=O)C(N)C(C)C. The van der Waals surface area contributed by atoms with E-state index in [0.29, 0.717) is 5.92 Å². The fourth-order valence-corrected chi connectivity index (χ4v) is 2.71. The minimum Gasteiger partial charge on any atom is -0.481 e. The van der Waals surface area contributed by atoms with Gasteiger partial charge in [0.1, 0.15) is 0 Å². The molecule has 0 aliphatic rings. The van der Waals surface area contributed by atoms with E-state index in [9.17, 15) is 14.7 Å². The van der Waals surface area contributed by atoms with Crippen molar-refractivity contribution in [3.63, 3.8) is 0 Å². The third-order valence-corrected chi connectivity index (χ3v) is 4.75. The van der Waals surface area contributed by atoms with Crippen molar-refractivity contribution in [2.24, 2.45) is 23.5 Å². The van der Waals surface area contributed by atoms with Crippen molar-refractivity contribution in [1.29, 1.82) is 0 Å². The van der Waals surface area contributed by atoms with Crippen LogP contribution in [0.1, 0.15) is 60.3 Å². The molecule has 0 aliphatic heterocycles. The van der Waals surface area contributed by atoms with Crippen LogP contribution in [0.2, 0.25) is 0 Å². The summed E-state index contributed by atoms with van der Waals surface area (Å²) >= 11 is 0. The second-order valence-corrected chi connectivity index (χ2v) is 6.86. The first-order chi connectivity index (χ1) is 10.1. The molecule has 0 saturated carbocycles. The normalized spacial score (nSPS) is 16.9. The fourth-order valence-electron chi connectivity index (χ4n) is 2.71. The Morgan fingerprint density at radius 3 is 2.14 bits per heavy atom. The zero-order chi connectivity index (χ0) is 17.4. The van der Waals surface area contributed by atoms with Crippen molar-refractivity contribution in [3.8, 4) is 0 Å². The number of rotatable bonds is 10. The third kappa shape index (κ3) is 6.34. The van der Waals surface area contributed by atoms with E-state index >= 15 is 0 Å². The summed E-state index contributed by atoms with van der Waals surface area (Å²) in [5.41, 5.74) is 5.95. The number of nitrogens with zero attached hydrogens (tertiary/aromatic N) is 1. The Balaban J connectivity index is 5.09. The molecule has 0 rings (SSSR count). The molecular formula is C17H34N2O3. The molecule has 4 unspecified atom stereocenters. The molecule has 0 fully saturated rings. The summed E-state index contributed by atoms with van der Waals surface area (Å²) in [5.74, 6) is -0.521. The van der Waals surface area contributed by atoms with Crippen LogP contribution in [0.5, 0.6) is 0 Å². The summed E-state index contributed by atoms with van der Waals surface area (Å²) in [4.78, 5) is 25.2. The molecule has 0 aromatic carbocycles. The topological polar surface area (TPSA) is 83.6 Å². The first-order valence-corrected chi connectivity index (χ1v) is 8.37. The Hall–Kier alpha value is -1.10. The second-order valence-electron chi connectivity index (χ2n) is 6.86. The minimum atomic E-state index is -0.877. The van der Waals surface area contributed by atoms with Crippen LogP contribution in [-0.2, 0) is 9.59 Å². The maximum Gasteiger partial charge on any atom is 0.305 e. The number of carboxylic acids is 1. The van der Waals surface area contributed by atoms with Gasteiger partial charge in [0.2, 0.25) is 5.91 Å². The second kappa shape index (κ2) is 9.82. The van der Waals surface area contributed by atoms with Crippen LogP contribution in [0.25, 0.3) is 0 Å². The van der Waals surface area contributed by atoms with Gasteiger partial charge in [-0.3, -0.25) is 9.59 Å². The van der Waals surface area contributed by atoms with Crippen LogP contribution in [0.3, 0.4) is 0 Å². The van der Waals surface area contributed by atoms with Crippen LogP contribution in [0.4, 0.5) is 0 Å². The highest BCUT2D eigenvalue weighted by molar-refractivity contribution is 5.82. The van der Waals surface area contributed by atoms with Crippen molar-refractivity contribution in [2.75, 3.05) is 7.05 Å². The number of carbonyl (C=O) groups is 2. The van der Waals surface area contributed by atoms with Crippen molar-refractivity contribution >= 4 is 11.9 Å². The highest BCUT2D eigenvalue weighted by Gasteiger charge is 2.33. The number of amides is 1. The van der Waals surface area contributed by atoms with Crippen molar-refractivity contribution in [1.82, 2.24) is 4.90 Å². The van der Waals surface area contributed by atoms with Crippen LogP contribution in [-0.4, -0.2) is 41.0 Å². The average molecular weight is 314 g/mol. The number of carbonyl (C=O) groups excluding carboxylic acids is 1. The summed E-state index contributed by atoms with van der Waals surface area (Å²) in [5, 5.41) is 9.20. The Labute approximate surface area is 135 Å². The molecule has 5 nitrogen and oxygen atoms in total. The lowest BCUT2D eigenvalue weighted by molar-refractivity contribution is -0.142. The lowest BCUT2D eigenvalue weighted by Gasteiger charge is -2.37. The molecule has 0 aromatic heterocycles. The Morgan fingerprint density at radius 1 is 1.18 bits per heavy atom.